The molecule has 2 aromatic carbocycles. The number of nitrogens with two attached hydrogens (primary N) is 2. The highest BCUT2D eigenvalue weighted by atomic mass is 19.4. The summed E-state index contributed by atoms with van der Waals surface area (Å²) >= 11 is 0. The first-order valence-electron chi connectivity index (χ1n) is 6.22. The van der Waals surface area contributed by atoms with Crippen molar-refractivity contribution in [1.29, 1.82) is 0 Å². The predicted octanol–water partition coefficient (Wildman–Crippen LogP) is 3.97. The van der Waals surface area contributed by atoms with Gasteiger partial charge >= 0.3 is 12.4 Å². The first-order valence-corrected chi connectivity index (χ1v) is 6.22. The van der Waals surface area contributed by atoms with E-state index in [9.17, 15) is 36.6 Å². The van der Waals surface area contributed by atoms with E-state index in [2.05, 4.69) is 0 Å². The number of rotatable bonds is 1. The molecule has 2 rings (SSSR count). The van der Waals surface area contributed by atoms with Gasteiger partial charge in [0.05, 0.1) is 22.5 Å². The van der Waals surface area contributed by atoms with Crippen molar-refractivity contribution in [3.05, 3.63) is 35.4 Å². The number of hydrogen-bond donors (Lipinski definition) is 4. The van der Waals surface area contributed by atoms with Crippen LogP contribution in [0.15, 0.2) is 24.3 Å². The van der Waals surface area contributed by atoms with Crippen LogP contribution >= 0.6 is 0 Å². The Bertz CT molecular complexity index is 799. The molecule has 0 radical (unpaired) electrons. The Morgan fingerprint density at radius 1 is 0.750 bits per heavy atom. The lowest BCUT2D eigenvalue weighted by Crippen LogP contribution is -2.11. The molecule has 0 aromatic heterocycles. The van der Waals surface area contributed by atoms with Gasteiger partial charge in [0.15, 0.2) is 5.75 Å². The van der Waals surface area contributed by atoms with Gasteiger partial charge in [-0.15, -0.1) is 0 Å². The van der Waals surface area contributed by atoms with E-state index in [1.54, 1.807) is 0 Å². The van der Waals surface area contributed by atoms with E-state index in [4.69, 9.17) is 11.5 Å². The van der Waals surface area contributed by atoms with E-state index in [-0.39, 0.29) is 0 Å². The van der Waals surface area contributed by atoms with Crippen molar-refractivity contribution in [2.75, 3.05) is 11.5 Å². The van der Waals surface area contributed by atoms with Gasteiger partial charge in [0.1, 0.15) is 5.75 Å². The second-order valence-corrected chi connectivity index (χ2v) is 4.91. The second-order valence-electron chi connectivity index (χ2n) is 4.91. The van der Waals surface area contributed by atoms with E-state index >= 15 is 0 Å². The third-order valence-electron chi connectivity index (χ3n) is 3.24. The number of nitrogen functional groups attached to an aromatic ring is 2. The van der Waals surface area contributed by atoms with Crippen LogP contribution in [0.5, 0.6) is 11.5 Å². The number of anilines is 2. The zero-order valence-corrected chi connectivity index (χ0v) is 11.6. The average molecular weight is 352 g/mol. The number of alkyl halides is 6. The number of phenols is 2. The highest BCUT2D eigenvalue weighted by molar-refractivity contribution is 5.87. The van der Waals surface area contributed by atoms with Crippen molar-refractivity contribution < 1.29 is 36.6 Å². The fourth-order valence-corrected chi connectivity index (χ4v) is 2.10. The monoisotopic (exact) mass is 352 g/mol. The first-order chi connectivity index (χ1) is 10.8. The highest BCUT2D eigenvalue weighted by Crippen LogP contribution is 2.46. The van der Waals surface area contributed by atoms with E-state index < -0.39 is 57.5 Å². The molecule has 0 bridgehead atoms. The van der Waals surface area contributed by atoms with Gasteiger partial charge in [-0.3, -0.25) is 0 Å². The lowest BCUT2D eigenvalue weighted by molar-refractivity contribution is -0.138. The standard InChI is InChI=1S/C14H10F6N2O2/c15-13(16,17)6-1-5(2-7(23)3-6)8-4-9(14(18,19)20)11(22)12(24)10(8)21/h1-4,23-24H,21-22H2. The molecule has 6 N–H and O–H groups in total. The van der Waals surface area contributed by atoms with Gasteiger partial charge in [0.25, 0.3) is 0 Å². The molecule has 2 aromatic rings. The third kappa shape index (κ3) is 3.12. The van der Waals surface area contributed by atoms with Crippen molar-refractivity contribution in [1.82, 2.24) is 0 Å². The summed E-state index contributed by atoms with van der Waals surface area (Å²) in [4.78, 5) is 0. The molecule has 4 nitrogen and oxygen atoms in total. The van der Waals surface area contributed by atoms with Crippen LogP contribution in [-0.4, -0.2) is 10.2 Å². The van der Waals surface area contributed by atoms with Crippen LogP contribution in [-0.2, 0) is 12.4 Å². The first kappa shape index (κ1) is 17.6. The molecular formula is C14H10F6N2O2. The summed E-state index contributed by atoms with van der Waals surface area (Å²) in [6.07, 6.45) is -9.81. The zero-order valence-electron chi connectivity index (χ0n) is 11.6. The Hall–Kier alpha value is -2.78. The van der Waals surface area contributed by atoms with Crippen LogP contribution in [0.4, 0.5) is 37.7 Å². The average Bonchev–Trinajstić information content (AvgIpc) is 2.42. The molecule has 0 saturated heterocycles. The zero-order chi connectivity index (χ0) is 18.4. The van der Waals surface area contributed by atoms with Crippen LogP contribution in [0, 0.1) is 0 Å². The van der Waals surface area contributed by atoms with E-state index in [0.717, 1.165) is 6.07 Å². The molecule has 0 aliphatic heterocycles. The highest BCUT2D eigenvalue weighted by Gasteiger charge is 2.36. The molecule has 10 heteroatoms. The quantitative estimate of drug-likeness (QED) is 0.355. The van der Waals surface area contributed by atoms with Gasteiger partial charge in [-0.1, -0.05) is 0 Å². The largest absolute Gasteiger partial charge is 0.508 e. The Morgan fingerprint density at radius 3 is 1.83 bits per heavy atom. The van der Waals surface area contributed by atoms with Crippen LogP contribution in [0.2, 0.25) is 0 Å². The van der Waals surface area contributed by atoms with E-state index in [0.29, 0.717) is 18.2 Å². The molecule has 0 aliphatic carbocycles. The normalized spacial score (nSPS) is 12.4. The summed E-state index contributed by atoms with van der Waals surface area (Å²) in [7, 11) is 0. The lowest BCUT2D eigenvalue weighted by atomic mass is 9.96. The third-order valence-corrected chi connectivity index (χ3v) is 3.24. The van der Waals surface area contributed by atoms with Gasteiger partial charge in [0.2, 0.25) is 0 Å². The summed E-state index contributed by atoms with van der Waals surface area (Å²) in [6, 6.07) is 2.11. The minimum atomic E-state index is -4.96. The topological polar surface area (TPSA) is 92.5 Å². The van der Waals surface area contributed by atoms with Gasteiger partial charge in [-0.2, -0.15) is 26.3 Å². The molecule has 0 fully saturated rings. The van der Waals surface area contributed by atoms with Gasteiger partial charge < -0.3 is 21.7 Å². The molecule has 130 valence electrons. The fraction of sp³-hybridized carbons (Fsp3) is 0.143. The van der Waals surface area contributed by atoms with E-state index in [1.165, 1.54) is 0 Å². The minimum Gasteiger partial charge on any atom is -0.508 e. The number of aromatic hydroxyl groups is 2. The smallest absolute Gasteiger partial charge is 0.418 e. The summed E-state index contributed by atoms with van der Waals surface area (Å²) < 4.78 is 77.2. The van der Waals surface area contributed by atoms with Crippen molar-refractivity contribution in [3.63, 3.8) is 0 Å². The number of hydrogen-bond acceptors (Lipinski definition) is 4. The van der Waals surface area contributed by atoms with Gasteiger partial charge in [0, 0.05) is 5.56 Å². The summed E-state index contributed by atoms with van der Waals surface area (Å²) in [5.41, 5.74) is 5.21. The maximum absolute atomic E-state index is 12.9. The molecule has 0 unspecified atom stereocenters. The molecule has 0 aliphatic rings. The van der Waals surface area contributed by atoms with Crippen molar-refractivity contribution in [3.8, 4) is 22.6 Å². The fourth-order valence-electron chi connectivity index (χ4n) is 2.10. The molecule has 0 amide bonds. The minimum absolute atomic E-state index is 0.404. The van der Waals surface area contributed by atoms with Crippen molar-refractivity contribution in [2.45, 2.75) is 12.4 Å². The van der Waals surface area contributed by atoms with Crippen LogP contribution in [0.1, 0.15) is 11.1 Å². The SMILES string of the molecule is Nc1c(-c2cc(O)cc(C(F)(F)F)c2)cc(C(F)(F)F)c(N)c1O. The summed E-state index contributed by atoms with van der Waals surface area (Å²) in [5, 5.41) is 19.1. The predicted molar refractivity (Wildman–Crippen MR) is 74.0 cm³/mol. The van der Waals surface area contributed by atoms with Gasteiger partial charge in [-0.05, 0) is 29.8 Å². The molecular weight excluding hydrogens is 342 g/mol. The number of benzene rings is 2. The second kappa shape index (κ2) is 5.39. The molecule has 0 atom stereocenters. The van der Waals surface area contributed by atoms with Crippen LogP contribution < -0.4 is 11.5 Å². The Morgan fingerprint density at radius 2 is 1.33 bits per heavy atom. The molecule has 24 heavy (non-hydrogen) atoms. The summed E-state index contributed by atoms with van der Waals surface area (Å²) in [5.74, 6) is -1.93. The lowest BCUT2D eigenvalue weighted by Gasteiger charge is -2.17. The van der Waals surface area contributed by atoms with Gasteiger partial charge in [-0.25, -0.2) is 0 Å². The summed E-state index contributed by atoms with van der Waals surface area (Å²) in [6.45, 7) is 0. The van der Waals surface area contributed by atoms with E-state index in [1.807, 2.05) is 0 Å². The van der Waals surface area contributed by atoms with Crippen molar-refractivity contribution >= 4 is 11.4 Å². The van der Waals surface area contributed by atoms with Crippen LogP contribution in [0.25, 0.3) is 11.1 Å². The maximum atomic E-state index is 12.9. The molecule has 0 spiro atoms. The Balaban J connectivity index is 2.78. The van der Waals surface area contributed by atoms with Crippen LogP contribution in [0.3, 0.4) is 0 Å². The molecule has 0 heterocycles. The number of halogens is 6. The van der Waals surface area contributed by atoms with Crippen molar-refractivity contribution in [2.24, 2.45) is 0 Å². The number of phenolic OH excluding ortho intramolecular Hbond substituents is 2. The Labute approximate surface area is 130 Å². The maximum Gasteiger partial charge on any atom is 0.418 e. The molecule has 0 saturated carbocycles. The Kier molecular flexibility index (Phi) is 3.95.